The molecule has 0 atom stereocenters. The van der Waals surface area contributed by atoms with Crippen LogP contribution in [0, 0.1) is 11.8 Å². The van der Waals surface area contributed by atoms with Gasteiger partial charge in [-0.15, -0.1) is 11.3 Å². The summed E-state index contributed by atoms with van der Waals surface area (Å²) in [4.78, 5) is 36.9. The number of aromatic nitrogens is 3. The number of benzene rings is 1. The van der Waals surface area contributed by atoms with Crippen molar-refractivity contribution in [1.82, 2.24) is 23.8 Å². The molecule has 3 aromatic heterocycles. The van der Waals surface area contributed by atoms with Gasteiger partial charge in [-0.3, -0.25) is 9.59 Å². The van der Waals surface area contributed by atoms with Gasteiger partial charge in [0.05, 0.1) is 16.6 Å². The first-order valence-electron chi connectivity index (χ1n) is 14.8. The van der Waals surface area contributed by atoms with Gasteiger partial charge in [0.2, 0.25) is 5.78 Å². The van der Waals surface area contributed by atoms with E-state index in [1.54, 1.807) is 4.40 Å². The maximum atomic E-state index is 13.8. The fraction of sp³-hybridized carbons (Fsp3) is 0.581. The van der Waals surface area contributed by atoms with Gasteiger partial charge >= 0.3 is 0 Å². The van der Waals surface area contributed by atoms with Crippen molar-refractivity contribution in [2.75, 3.05) is 32.7 Å². The smallest absolute Gasteiger partial charge is 0.277 e. The Hall–Kier alpha value is -2.71. The Labute approximate surface area is 235 Å². The van der Waals surface area contributed by atoms with Crippen molar-refractivity contribution in [1.29, 1.82) is 0 Å². The first-order chi connectivity index (χ1) is 18.8. The zero-order valence-corrected chi connectivity index (χ0v) is 24.8. The third-order valence-electron chi connectivity index (χ3n) is 8.00. The Balaban J connectivity index is 1.53. The quantitative estimate of drug-likeness (QED) is 0.221. The van der Waals surface area contributed by atoms with Crippen LogP contribution >= 0.6 is 11.3 Å². The number of carbonyl (C=O) groups excluding carboxylic acids is 1. The number of amides is 1. The third kappa shape index (κ3) is 6.07. The average molecular weight is 550 g/mol. The Kier molecular flexibility index (Phi) is 8.72. The van der Waals surface area contributed by atoms with Gasteiger partial charge in [0, 0.05) is 25.2 Å². The molecule has 4 aromatic rings. The molecule has 1 fully saturated rings. The minimum Gasteiger partial charge on any atom is -0.339 e. The molecule has 7 nitrogen and oxygen atoms in total. The van der Waals surface area contributed by atoms with Crippen molar-refractivity contribution in [3.63, 3.8) is 0 Å². The number of thiophene rings is 1. The van der Waals surface area contributed by atoms with Gasteiger partial charge in [-0.1, -0.05) is 34.1 Å². The van der Waals surface area contributed by atoms with E-state index in [-0.39, 0.29) is 11.5 Å². The molecule has 4 heterocycles. The predicted molar refractivity (Wildman–Crippen MR) is 162 cm³/mol. The van der Waals surface area contributed by atoms with Crippen LogP contribution in [-0.2, 0) is 6.54 Å². The number of carbonyl (C=O) groups is 1. The molecule has 0 radical (unpaired) electrons. The number of piperidine rings is 1. The summed E-state index contributed by atoms with van der Waals surface area (Å²) in [6, 6.07) is 7.76. The summed E-state index contributed by atoms with van der Waals surface area (Å²) < 4.78 is 4.59. The van der Waals surface area contributed by atoms with Crippen molar-refractivity contribution in [3.8, 4) is 0 Å². The molecule has 0 saturated carbocycles. The minimum atomic E-state index is -0.0284. The van der Waals surface area contributed by atoms with E-state index in [2.05, 4.69) is 37.2 Å². The second-order valence-corrected chi connectivity index (χ2v) is 12.9. The molecule has 5 rings (SSSR count). The molecule has 0 unspecified atom stereocenters. The fourth-order valence-electron chi connectivity index (χ4n) is 5.65. The van der Waals surface area contributed by atoms with Crippen LogP contribution in [0.3, 0.4) is 0 Å². The normalized spacial score (nSPS) is 14.9. The van der Waals surface area contributed by atoms with Crippen LogP contribution in [0.15, 0.2) is 34.4 Å². The molecule has 1 aliphatic heterocycles. The summed E-state index contributed by atoms with van der Waals surface area (Å²) in [5, 5.41) is 1.93. The van der Waals surface area contributed by atoms with Gasteiger partial charge in [0.15, 0.2) is 0 Å². The fourth-order valence-corrected chi connectivity index (χ4v) is 6.41. The number of hydrogen-bond donors (Lipinski definition) is 0. The zero-order chi connectivity index (χ0) is 27.5. The van der Waals surface area contributed by atoms with Gasteiger partial charge in [-0.2, -0.15) is 0 Å². The van der Waals surface area contributed by atoms with Crippen molar-refractivity contribution in [2.24, 2.45) is 11.8 Å². The highest BCUT2D eigenvalue weighted by Crippen LogP contribution is 2.25. The van der Waals surface area contributed by atoms with Crippen molar-refractivity contribution < 1.29 is 4.79 Å². The lowest BCUT2D eigenvalue weighted by atomic mass is 10.1. The molecule has 0 aliphatic carbocycles. The molecule has 0 spiro atoms. The Bertz CT molecular complexity index is 1480. The van der Waals surface area contributed by atoms with Crippen molar-refractivity contribution >= 4 is 44.3 Å². The largest absolute Gasteiger partial charge is 0.339 e. The van der Waals surface area contributed by atoms with E-state index in [0.717, 1.165) is 62.0 Å². The van der Waals surface area contributed by atoms with E-state index >= 15 is 0 Å². The minimum absolute atomic E-state index is 0.0284. The average Bonchev–Trinajstić information content (AvgIpc) is 3.52. The van der Waals surface area contributed by atoms with Crippen molar-refractivity contribution in [2.45, 2.75) is 72.8 Å². The van der Waals surface area contributed by atoms with Crippen LogP contribution < -0.4 is 5.56 Å². The predicted octanol–water partition coefficient (Wildman–Crippen LogP) is 6.27. The Morgan fingerprint density at radius 1 is 0.974 bits per heavy atom. The maximum absolute atomic E-state index is 13.8. The third-order valence-corrected chi connectivity index (χ3v) is 8.89. The summed E-state index contributed by atoms with van der Waals surface area (Å²) in [7, 11) is 0. The Morgan fingerprint density at radius 3 is 2.38 bits per heavy atom. The topological polar surface area (TPSA) is 62.9 Å². The van der Waals surface area contributed by atoms with Gasteiger partial charge in [-0.25, -0.2) is 9.38 Å². The number of nitrogens with zero attached hydrogens (tertiary/aromatic N) is 5. The molecular formula is C31H43N5O2S. The summed E-state index contributed by atoms with van der Waals surface area (Å²) in [6.45, 7) is 14.5. The summed E-state index contributed by atoms with van der Waals surface area (Å²) in [5.41, 5.74) is 3.14. The Morgan fingerprint density at radius 2 is 1.69 bits per heavy atom. The molecule has 1 aromatic carbocycles. The highest BCUT2D eigenvalue weighted by molar-refractivity contribution is 7.17. The van der Waals surface area contributed by atoms with E-state index < -0.39 is 0 Å². The molecule has 8 heteroatoms. The highest BCUT2D eigenvalue weighted by Gasteiger charge is 2.21. The standard InChI is InChI=1S/C31H43N5O2S/c1-22(2)11-18-34(19-12-23(3)4)29(37)24-9-10-26-27(21-24)35(17-8-16-33-14-6-5-7-15-33)31-32-25-13-20-39-28(25)30(38)36(26)31/h9-10,13,20-23H,5-8,11-12,14-19H2,1-4H3. The monoisotopic (exact) mass is 549 g/mol. The molecule has 1 saturated heterocycles. The lowest BCUT2D eigenvalue weighted by molar-refractivity contribution is 0.0741. The number of likely N-dealkylation sites (tertiary alicyclic amines) is 1. The van der Waals surface area contributed by atoms with Crippen LogP contribution in [0.1, 0.15) is 76.6 Å². The maximum Gasteiger partial charge on any atom is 0.277 e. The van der Waals surface area contributed by atoms with Gasteiger partial charge in [0.25, 0.3) is 11.5 Å². The van der Waals surface area contributed by atoms with E-state index in [1.165, 1.54) is 43.7 Å². The number of imidazole rings is 1. The molecule has 1 amide bonds. The number of rotatable bonds is 11. The molecule has 210 valence electrons. The first kappa shape index (κ1) is 27.8. The molecule has 1 aliphatic rings. The van der Waals surface area contributed by atoms with E-state index in [0.29, 0.717) is 27.9 Å². The van der Waals surface area contributed by atoms with Crippen LogP contribution in [0.4, 0.5) is 0 Å². The van der Waals surface area contributed by atoms with Crippen molar-refractivity contribution in [3.05, 3.63) is 45.6 Å². The number of hydrogen-bond acceptors (Lipinski definition) is 5. The van der Waals surface area contributed by atoms with Gasteiger partial charge in [0.1, 0.15) is 4.70 Å². The second-order valence-electron chi connectivity index (χ2n) is 12.0. The van der Waals surface area contributed by atoms with Crippen LogP contribution in [0.25, 0.3) is 27.0 Å². The summed E-state index contributed by atoms with van der Waals surface area (Å²) in [6.07, 6.45) is 6.83. The summed E-state index contributed by atoms with van der Waals surface area (Å²) in [5.74, 6) is 1.82. The van der Waals surface area contributed by atoms with Crippen LogP contribution in [0.5, 0.6) is 0 Å². The molecular weight excluding hydrogens is 506 g/mol. The van der Waals surface area contributed by atoms with E-state index in [9.17, 15) is 9.59 Å². The number of fused-ring (bicyclic) bond motifs is 4. The highest BCUT2D eigenvalue weighted by atomic mass is 32.1. The molecule has 0 bridgehead atoms. The lowest BCUT2D eigenvalue weighted by Crippen LogP contribution is -2.34. The van der Waals surface area contributed by atoms with Gasteiger partial charge in [-0.05, 0) is 93.2 Å². The summed E-state index contributed by atoms with van der Waals surface area (Å²) >= 11 is 1.44. The lowest BCUT2D eigenvalue weighted by Gasteiger charge is -2.26. The van der Waals surface area contributed by atoms with E-state index in [4.69, 9.17) is 4.98 Å². The molecule has 39 heavy (non-hydrogen) atoms. The van der Waals surface area contributed by atoms with Gasteiger partial charge < -0.3 is 14.4 Å². The zero-order valence-electron chi connectivity index (χ0n) is 24.0. The second kappa shape index (κ2) is 12.2. The molecule has 0 N–H and O–H groups in total. The van der Waals surface area contributed by atoms with Crippen LogP contribution in [0.2, 0.25) is 0 Å². The number of aryl methyl sites for hydroxylation is 1. The first-order valence-corrected chi connectivity index (χ1v) is 15.6. The SMILES string of the molecule is CC(C)CCN(CCC(C)C)C(=O)c1ccc2c(c1)n(CCCN1CCCCC1)c1nc3ccsc3c(=O)n21. The van der Waals surface area contributed by atoms with Crippen LogP contribution in [-0.4, -0.2) is 62.4 Å². The van der Waals surface area contributed by atoms with E-state index in [1.807, 2.05) is 34.5 Å².